The van der Waals surface area contributed by atoms with Crippen LogP contribution in [0.3, 0.4) is 0 Å². The molecule has 2 rings (SSSR count). The van der Waals surface area contributed by atoms with E-state index in [0.29, 0.717) is 45.7 Å². The molecule has 2 aromatic rings. The second-order valence-electron chi connectivity index (χ2n) is 7.44. The number of rotatable bonds is 8. The minimum atomic E-state index is -0.495. The molecular weight excluding hydrogens is 408 g/mol. The third kappa shape index (κ3) is 6.60. The number of allylic oxidation sites excluding steroid dienone is 4. The fraction of sp³-hybridized carbons (Fsp3) is 0.231. The summed E-state index contributed by atoms with van der Waals surface area (Å²) in [5, 5.41) is 1.87. The van der Waals surface area contributed by atoms with Crippen LogP contribution in [0, 0.1) is 0 Å². The van der Waals surface area contributed by atoms with Gasteiger partial charge in [0.2, 0.25) is 0 Å². The second kappa shape index (κ2) is 10.5. The number of esters is 2. The summed E-state index contributed by atoms with van der Waals surface area (Å²) in [7, 11) is 0. The summed E-state index contributed by atoms with van der Waals surface area (Å²) in [6.45, 7) is 17.1. The van der Waals surface area contributed by atoms with E-state index in [1.165, 1.54) is 0 Å². The SMILES string of the molecule is C=C(C)C(=O)O/C(C)=C(\C)Oc1ccc2cc(O/C(C)=C(\C)OC(=O)C(=C)C)ccc2c1. The number of carbonyl (C=O) groups is 2. The number of benzene rings is 2. The van der Waals surface area contributed by atoms with Crippen molar-refractivity contribution in [2.24, 2.45) is 0 Å². The smallest absolute Gasteiger partial charge is 0.338 e. The molecule has 0 fully saturated rings. The first-order valence-corrected chi connectivity index (χ1v) is 9.97. The molecule has 0 saturated heterocycles. The van der Waals surface area contributed by atoms with Gasteiger partial charge >= 0.3 is 11.9 Å². The van der Waals surface area contributed by atoms with E-state index in [0.717, 1.165) is 10.8 Å². The van der Waals surface area contributed by atoms with Gasteiger partial charge in [-0.1, -0.05) is 25.3 Å². The molecule has 0 amide bonds. The Morgan fingerprint density at radius 2 is 0.938 bits per heavy atom. The number of hydrogen-bond donors (Lipinski definition) is 0. The lowest BCUT2D eigenvalue weighted by Crippen LogP contribution is -2.06. The van der Waals surface area contributed by atoms with Crippen molar-refractivity contribution in [2.75, 3.05) is 0 Å². The molecular formula is C26H28O6. The summed E-state index contributed by atoms with van der Waals surface area (Å²) < 4.78 is 22.1. The maximum atomic E-state index is 11.7. The molecule has 0 heterocycles. The molecule has 0 aliphatic heterocycles. The summed E-state index contributed by atoms with van der Waals surface area (Å²) in [6, 6.07) is 11.2. The van der Waals surface area contributed by atoms with Crippen LogP contribution in [0.5, 0.6) is 11.5 Å². The van der Waals surface area contributed by atoms with Gasteiger partial charge in [-0.2, -0.15) is 0 Å². The Hall–Kier alpha value is -3.80. The zero-order valence-electron chi connectivity index (χ0n) is 19.3. The largest absolute Gasteiger partial charge is 0.458 e. The van der Waals surface area contributed by atoms with Gasteiger partial charge in [-0.3, -0.25) is 0 Å². The molecule has 0 N–H and O–H groups in total. The van der Waals surface area contributed by atoms with E-state index in [2.05, 4.69) is 13.2 Å². The van der Waals surface area contributed by atoms with Crippen molar-refractivity contribution in [3.63, 3.8) is 0 Å². The second-order valence-corrected chi connectivity index (χ2v) is 7.44. The van der Waals surface area contributed by atoms with Crippen molar-refractivity contribution in [3.8, 4) is 11.5 Å². The molecule has 168 valence electrons. The van der Waals surface area contributed by atoms with E-state index in [9.17, 15) is 9.59 Å². The summed E-state index contributed by atoms with van der Waals surface area (Å²) >= 11 is 0. The van der Waals surface area contributed by atoms with Crippen LogP contribution in [0.2, 0.25) is 0 Å². The highest BCUT2D eigenvalue weighted by atomic mass is 16.6. The molecule has 0 aromatic heterocycles. The number of ether oxygens (including phenoxy) is 4. The van der Waals surface area contributed by atoms with Gasteiger partial charge in [-0.25, -0.2) is 9.59 Å². The van der Waals surface area contributed by atoms with Crippen LogP contribution in [0.4, 0.5) is 0 Å². The molecule has 0 aliphatic carbocycles. The van der Waals surface area contributed by atoms with Crippen molar-refractivity contribution >= 4 is 22.7 Å². The monoisotopic (exact) mass is 436 g/mol. The van der Waals surface area contributed by atoms with Crippen LogP contribution in [-0.2, 0) is 19.1 Å². The zero-order chi connectivity index (χ0) is 24.0. The number of hydrogen-bond acceptors (Lipinski definition) is 6. The van der Waals surface area contributed by atoms with Crippen LogP contribution in [0.25, 0.3) is 10.8 Å². The Balaban J connectivity index is 2.17. The van der Waals surface area contributed by atoms with Crippen LogP contribution < -0.4 is 9.47 Å². The van der Waals surface area contributed by atoms with Crippen molar-refractivity contribution in [2.45, 2.75) is 41.5 Å². The molecule has 6 nitrogen and oxygen atoms in total. The molecule has 2 aromatic carbocycles. The van der Waals surface area contributed by atoms with Crippen molar-refractivity contribution in [1.82, 2.24) is 0 Å². The predicted molar refractivity (Wildman–Crippen MR) is 124 cm³/mol. The lowest BCUT2D eigenvalue weighted by atomic mass is 10.1. The van der Waals surface area contributed by atoms with Crippen molar-refractivity contribution in [3.05, 3.63) is 83.7 Å². The van der Waals surface area contributed by atoms with Gasteiger partial charge in [0.1, 0.15) is 34.5 Å². The van der Waals surface area contributed by atoms with Gasteiger partial charge in [-0.15, -0.1) is 0 Å². The Labute approximate surface area is 188 Å². The lowest BCUT2D eigenvalue weighted by molar-refractivity contribution is -0.136. The third-order valence-corrected chi connectivity index (χ3v) is 4.51. The van der Waals surface area contributed by atoms with Gasteiger partial charge < -0.3 is 18.9 Å². The quantitative estimate of drug-likeness (QED) is 0.273. The average molecular weight is 437 g/mol. The van der Waals surface area contributed by atoms with Crippen molar-refractivity contribution < 1.29 is 28.5 Å². The summed E-state index contributed by atoms with van der Waals surface area (Å²) in [5.74, 6) is 1.90. The van der Waals surface area contributed by atoms with E-state index in [-0.39, 0.29) is 0 Å². The minimum Gasteiger partial charge on any atom is -0.458 e. The number of fused-ring (bicyclic) bond motifs is 1. The normalized spacial score (nSPS) is 12.3. The Morgan fingerprint density at radius 3 is 1.25 bits per heavy atom. The lowest BCUT2D eigenvalue weighted by Gasteiger charge is -2.12. The molecule has 0 aliphatic rings. The van der Waals surface area contributed by atoms with Gasteiger partial charge in [-0.05, 0) is 76.6 Å². The molecule has 0 spiro atoms. The highest BCUT2D eigenvalue weighted by Crippen LogP contribution is 2.27. The van der Waals surface area contributed by atoms with Crippen LogP contribution in [-0.4, -0.2) is 11.9 Å². The summed E-state index contributed by atoms with van der Waals surface area (Å²) in [6.07, 6.45) is 0. The highest BCUT2D eigenvalue weighted by Gasteiger charge is 2.11. The van der Waals surface area contributed by atoms with Gasteiger partial charge in [0.15, 0.2) is 0 Å². The minimum absolute atomic E-state index is 0.315. The first-order chi connectivity index (χ1) is 15.0. The molecule has 0 saturated carbocycles. The van der Waals surface area contributed by atoms with Crippen LogP contribution >= 0.6 is 0 Å². The van der Waals surface area contributed by atoms with E-state index < -0.39 is 11.9 Å². The van der Waals surface area contributed by atoms with Gasteiger partial charge in [0.25, 0.3) is 0 Å². The average Bonchev–Trinajstić information content (AvgIpc) is 2.73. The van der Waals surface area contributed by atoms with E-state index in [1.807, 2.05) is 36.4 Å². The fourth-order valence-electron chi connectivity index (χ4n) is 2.42. The van der Waals surface area contributed by atoms with Gasteiger partial charge in [0.05, 0.1) is 0 Å². The van der Waals surface area contributed by atoms with E-state index in [1.54, 1.807) is 41.5 Å². The van der Waals surface area contributed by atoms with E-state index >= 15 is 0 Å². The first-order valence-electron chi connectivity index (χ1n) is 9.97. The summed E-state index contributed by atoms with van der Waals surface area (Å²) in [4.78, 5) is 23.3. The van der Waals surface area contributed by atoms with Gasteiger partial charge in [0, 0.05) is 11.1 Å². The highest BCUT2D eigenvalue weighted by molar-refractivity contribution is 5.88. The standard InChI is InChI=1S/C26H28O6/c1-15(2)25(27)31-19(7)17(5)29-23-11-9-22-14-24(12-10-21(22)13-23)30-18(6)20(8)32-26(28)16(3)4/h9-14H,1,3H2,2,4-8H3/b19-17+,20-18+. The molecule has 0 radical (unpaired) electrons. The van der Waals surface area contributed by atoms with Crippen molar-refractivity contribution in [1.29, 1.82) is 0 Å². The first kappa shape index (κ1) is 24.5. The molecule has 32 heavy (non-hydrogen) atoms. The molecule has 0 atom stereocenters. The Bertz CT molecular complexity index is 1060. The molecule has 0 unspecified atom stereocenters. The van der Waals surface area contributed by atoms with Crippen LogP contribution in [0.1, 0.15) is 41.5 Å². The maximum Gasteiger partial charge on any atom is 0.338 e. The number of carbonyl (C=O) groups excluding carboxylic acids is 2. The summed E-state index contributed by atoms with van der Waals surface area (Å²) in [5.41, 5.74) is 0.630. The predicted octanol–water partition coefficient (Wildman–Crippen LogP) is 6.34. The van der Waals surface area contributed by atoms with Crippen LogP contribution in [0.15, 0.2) is 83.7 Å². The molecule has 6 heteroatoms. The fourth-order valence-corrected chi connectivity index (χ4v) is 2.42. The zero-order valence-corrected chi connectivity index (χ0v) is 19.3. The molecule has 0 bridgehead atoms. The topological polar surface area (TPSA) is 71.1 Å². The maximum absolute atomic E-state index is 11.7. The van der Waals surface area contributed by atoms with E-state index in [4.69, 9.17) is 18.9 Å². The Kier molecular flexibility index (Phi) is 8.02. The Morgan fingerprint density at radius 1 is 0.594 bits per heavy atom. The third-order valence-electron chi connectivity index (χ3n) is 4.51.